The Morgan fingerprint density at radius 2 is 1.96 bits per heavy atom. The van der Waals surface area contributed by atoms with Crippen LogP contribution in [0.1, 0.15) is 42.9 Å². The van der Waals surface area contributed by atoms with E-state index in [2.05, 4.69) is 24.2 Å². The molecular weight excluding hydrogens is 312 g/mol. The van der Waals surface area contributed by atoms with Crippen LogP contribution in [0.15, 0.2) is 47.5 Å². The molecule has 0 aromatic heterocycles. The van der Waals surface area contributed by atoms with Gasteiger partial charge in [0, 0.05) is 11.9 Å². The van der Waals surface area contributed by atoms with E-state index in [4.69, 9.17) is 4.74 Å². The molecule has 1 unspecified atom stereocenters. The van der Waals surface area contributed by atoms with E-state index in [1.54, 1.807) is 7.11 Å². The molecule has 1 N–H and O–H groups in total. The van der Waals surface area contributed by atoms with Gasteiger partial charge in [-0.15, -0.1) is 0 Å². The first kappa shape index (κ1) is 17.2. The molecule has 25 heavy (non-hydrogen) atoms. The molecule has 2 aromatic rings. The summed E-state index contributed by atoms with van der Waals surface area (Å²) in [6.07, 6.45) is 2.66. The Bertz CT molecular complexity index is 779. The van der Waals surface area contributed by atoms with Crippen LogP contribution >= 0.6 is 0 Å². The van der Waals surface area contributed by atoms with E-state index in [-0.39, 0.29) is 11.8 Å². The number of rotatable bonds is 6. The van der Waals surface area contributed by atoms with Gasteiger partial charge >= 0.3 is 0 Å². The minimum atomic E-state index is -0.187. The Kier molecular flexibility index (Phi) is 5.17. The zero-order valence-electron chi connectivity index (χ0n) is 15.0. The average molecular weight is 336 g/mol. The number of amides is 1. The summed E-state index contributed by atoms with van der Waals surface area (Å²) in [6.45, 7) is 5.00. The molecule has 4 heteroatoms. The van der Waals surface area contributed by atoms with Crippen molar-refractivity contribution >= 4 is 17.8 Å². The molecule has 1 heterocycles. The highest BCUT2D eigenvalue weighted by Crippen LogP contribution is 2.28. The normalized spacial score (nSPS) is 13.6. The number of anilines is 1. The van der Waals surface area contributed by atoms with Gasteiger partial charge in [0.2, 0.25) is 5.91 Å². The molecular formula is C21H24N2O2. The Morgan fingerprint density at radius 1 is 1.20 bits per heavy atom. The van der Waals surface area contributed by atoms with Crippen molar-refractivity contribution in [1.82, 2.24) is 0 Å². The highest BCUT2D eigenvalue weighted by molar-refractivity contribution is 5.97. The number of ether oxygens (including phenoxy) is 1. The van der Waals surface area contributed by atoms with Crippen LogP contribution < -0.4 is 10.1 Å². The van der Waals surface area contributed by atoms with Crippen molar-refractivity contribution < 1.29 is 9.53 Å². The predicted molar refractivity (Wildman–Crippen MR) is 102 cm³/mol. The number of aliphatic imine (C=N–C) groups is 1. The Labute approximate surface area is 148 Å². The van der Waals surface area contributed by atoms with Crippen LogP contribution in [0.3, 0.4) is 0 Å². The van der Waals surface area contributed by atoms with Crippen LogP contribution in [-0.2, 0) is 11.3 Å². The molecule has 0 radical (unpaired) electrons. The fraction of sp³-hybridized carbons (Fsp3) is 0.333. The summed E-state index contributed by atoms with van der Waals surface area (Å²) in [4.78, 5) is 17.2. The zero-order chi connectivity index (χ0) is 17.8. The SMILES string of the molecule is COc1ccc(C(CC(C)C)C(=O)Nc2ccc3c(c2)C=NC3)cc1. The maximum absolute atomic E-state index is 12.9. The molecule has 2 aromatic carbocycles. The van der Waals surface area contributed by atoms with Gasteiger partial charge in [-0.3, -0.25) is 9.79 Å². The van der Waals surface area contributed by atoms with E-state index in [0.29, 0.717) is 5.92 Å². The highest BCUT2D eigenvalue weighted by atomic mass is 16.5. The lowest BCUT2D eigenvalue weighted by atomic mass is 9.89. The fourth-order valence-corrected chi connectivity index (χ4v) is 3.11. The summed E-state index contributed by atoms with van der Waals surface area (Å²) in [5.41, 5.74) is 4.11. The van der Waals surface area contributed by atoms with Crippen molar-refractivity contribution in [3.63, 3.8) is 0 Å². The molecule has 130 valence electrons. The number of carbonyl (C=O) groups excluding carboxylic acids is 1. The number of nitrogens with zero attached hydrogens (tertiary/aromatic N) is 1. The van der Waals surface area contributed by atoms with E-state index < -0.39 is 0 Å². The Morgan fingerprint density at radius 3 is 2.64 bits per heavy atom. The summed E-state index contributed by atoms with van der Waals surface area (Å²) in [6, 6.07) is 13.7. The molecule has 0 spiro atoms. The molecule has 1 aliphatic rings. The number of methoxy groups -OCH3 is 1. The maximum atomic E-state index is 12.9. The van der Waals surface area contributed by atoms with Gasteiger partial charge in [0.25, 0.3) is 0 Å². The predicted octanol–water partition coefficient (Wildman–Crippen LogP) is 4.40. The van der Waals surface area contributed by atoms with Crippen LogP contribution in [0.2, 0.25) is 0 Å². The first-order valence-electron chi connectivity index (χ1n) is 8.64. The van der Waals surface area contributed by atoms with Crippen LogP contribution in [0, 0.1) is 5.92 Å². The van der Waals surface area contributed by atoms with E-state index in [9.17, 15) is 4.79 Å². The first-order valence-corrected chi connectivity index (χ1v) is 8.64. The summed E-state index contributed by atoms with van der Waals surface area (Å²) >= 11 is 0. The summed E-state index contributed by atoms with van der Waals surface area (Å²) in [5, 5.41) is 3.07. The number of hydrogen-bond donors (Lipinski definition) is 1. The first-order chi connectivity index (χ1) is 12.1. The second-order valence-corrected chi connectivity index (χ2v) is 6.83. The minimum absolute atomic E-state index is 0.0220. The van der Waals surface area contributed by atoms with Gasteiger partial charge in [0.15, 0.2) is 0 Å². The van der Waals surface area contributed by atoms with Gasteiger partial charge in [-0.05, 0) is 53.3 Å². The van der Waals surface area contributed by atoms with Crippen LogP contribution in [0.25, 0.3) is 0 Å². The van der Waals surface area contributed by atoms with Crippen molar-refractivity contribution in [1.29, 1.82) is 0 Å². The van der Waals surface area contributed by atoms with E-state index in [1.165, 1.54) is 5.56 Å². The molecule has 4 nitrogen and oxygen atoms in total. The number of benzene rings is 2. The van der Waals surface area contributed by atoms with E-state index in [1.807, 2.05) is 48.7 Å². The largest absolute Gasteiger partial charge is 0.497 e. The lowest BCUT2D eigenvalue weighted by Crippen LogP contribution is -2.22. The number of fused-ring (bicyclic) bond motifs is 1. The van der Waals surface area contributed by atoms with Crippen molar-refractivity contribution in [3.8, 4) is 5.75 Å². The smallest absolute Gasteiger partial charge is 0.231 e. The van der Waals surface area contributed by atoms with Crippen LogP contribution in [0.4, 0.5) is 5.69 Å². The molecule has 1 aliphatic heterocycles. The van der Waals surface area contributed by atoms with Crippen LogP contribution in [-0.4, -0.2) is 19.2 Å². The third-order valence-electron chi connectivity index (χ3n) is 4.45. The zero-order valence-corrected chi connectivity index (χ0v) is 15.0. The van der Waals surface area contributed by atoms with Gasteiger partial charge in [0.05, 0.1) is 19.6 Å². The average Bonchev–Trinajstić information content (AvgIpc) is 3.07. The summed E-state index contributed by atoms with van der Waals surface area (Å²) in [7, 11) is 1.64. The standard InChI is InChI=1S/C21H24N2O2/c1-14(2)10-20(15-5-8-19(25-3)9-6-15)21(24)23-18-7-4-16-12-22-13-17(16)11-18/h4-9,11,13-14,20H,10,12H2,1-3H3,(H,23,24). The summed E-state index contributed by atoms with van der Waals surface area (Å²) < 4.78 is 5.22. The minimum Gasteiger partial charge on any atom is -0.497 e. The van der Waals surface area contributed by atoms with Crippen molar-refractivity contribution in [3.05, 3.63) is 59.2 Å². The quantitative estimate of drug-likeness (QED) is 0.850. The summed E-state index contributed by atoms with van der Waals surface area (Å²) in [5.74, 6) is 1.05. The monoisotopic (exact) mass is 336 g/mol. The molecule has 0 saturated carbocycles. The topological polar surface area (TPSA) is 50.7 Å². The molecule has 0 fully saturated rings. The maximum Gasteiger partial charge on any atom is 0.231 e. The third kappa shape index (κ3) is 4.08. The van der Waals surface area contributed by atoms with E-state index in [0.717, 1.165) is 35.5 Å². The van der Waals surface area contributed by atoms with Gasteiger partial charge in [-0.25, -0.2) is 0 Å². The Balaban J connectivity index is 1.80. The molecule has 0 saturated heterocycles. The number of hydrogen-bond acceptors (Lipinski definition) is 3. The van der Waals surface area contributed by atoms with Crippen molar-refractivity contribution in [2.24, 2.45) is 10.9 Å². The van der Waals surface area contributed by atoms with Gasteiger partial charge in [0.1, 0.15) is 5.75 Å². The molecule has 3 rings (SSSR count). The molecule has 0 aliphatic carbocycles. The Hall–Kier alpha value is -2.62. The fourth-order valence-electron chi connectivity index (χ4n) is 3.11. The van der Waals surface area contributed by atoms with Gasteiger partial charge in [-0.1, -0.05) is 32.0 Å². The van der Waals surface area contributed by atoms with Crippen LogP contribution in [0.5, 0.6) is 5.75 Å². The van der Waals surface area contributed by atoms with Gasteiger partial charge < -0.3 is 10.1 Å². The highest BCUT2D eigenvalue weighted by Gasteiger charge is 2.22. The number of carbonyl (C=O) groups is 1. The van der Waals surface area contributed by atoms with Crippen molar-refractivity contribution in [2.45, 2.75) is 32.7 Å². The van der Waals surface area contributed by atoms with E-state index >= 15 is 0 Å². The molecule has 1 amide bonds. The molecule has 0 bridgehead atoms. The lowest BCUT2D eigenvalue weighted by molar-refractivity contribution is -0.117. The second-order valence-electron chi connectivity index (χ2n) is 6.83. The van der Waals surface area contributed by atoms with Gasteiger partial charge in [-0.2, -0.15) is 0 Å². The third-order valence-corrected chi connectivity index (χ3v) is 4.45. The second kappa shape index (κ2) is 7.51. The lowest BCUT2D eigenvalue weighted by Gasteiger charge is -2.20. The number of nitrogens with one attached hydrogen (secondary N) is 1. The van der Waals surface area contributed by atoms with Crippen molar-refractivity contribution in [2.75, 3.05) is 12.4 Å². The molecule has 1 atom stereocenters.